The van der Waals surface area contributed by atoms with Gasteiger partial charge in [0.15, 0.2) is 0 Å². The molecule has 1 aromatic heterocycles. The highest BCUT2D eigenvalue weighted by Crippen LogP contribution is 2.47. The Bertz CT molecular complexity index is 3660. The van der Waals surface area contributed by atoms with Crippen LogP contribution in [0.5, 0.6) is 0 Å². The molecule has 67 heavy (non-hydrogen) atoms. The van der Waals surface area contributed by atoms with Gasteiger partial charge in [-0.3, -0.25) is 0 Å². The Balaban J connectivity index is 1.02. The molecule has 12 rings (SSSR count). The smallest absolute Gasteiger partial charge is 0.138 e. The highest BCUT2D eigenvalue weighted by atomic mass is 16.3. The van der Waals surface area contributed by atoms with E-state index in [1.165, 1.54) is 33.4 Å². The molecule has 0 radical (unpaired) electrons. The van der Waals surface area contributed by atoms with E-state index in [4.69, 9.17) is 4.42 Å². The molecule has 3 nitrogen and oxygen atoms in total. The zero-order chi connectivity index (χ0) is 44.5. The van der Waals surface area contributed by atoms with Gasteiger partial charge in [-0.05, 0) is 111 Å². The Morgan fingerprint density at radius 1 is 0.224 bits per heavy atom. The maximum absolute atomic E-state index is 7.07. The molecular weight excluding hydrogens is 813 g/mol. The van der Waals surface area contributed by atoms with Gasteiger partial charge in [-0.15, -0.1) is 0 Å². The second kappa shape index (κ2) is 17.2. The van der Waals surface area contributed by atoms with Gasteiger partial charge in [0.05, 0.1) is 5.69 Å². The second-order valence-electron chi connectivity index (χ2n) is 16.9. The first-order valence-electron chi connectivity index (χ1n) is 22.8. The number of benzene rings is 11. The van der Waals surface area contributed by atoms with Crippen molar-refractivity contribution in [1.29, 1.82) is 0 Å². The summed E-state index contributed by atoms with van der Waals surface area (Å²) in [6.45, 7) is 0. The summed E-state index contributed by atoms with van der Waals surface area (Å²) >= 11 is 0. The molecule has 0 saturated heterocycles. The summed E-state index contributed by atoms with van der Waals surface area (Å²) in [6.07, 6.45) is 0. The van der Waals surface area contributed by atoms with Crippen LogP contribution in [0, 0.1) is 0 Å². The molecule has 316 valence electrons. The third-order valence-electron chi connectivity index (χ3n) is 12.8. The van der Waals surface area contributed by atoms with Gasteiger partial charge in [0, 0.05) is 56.7 Å². The minimum absolute atomic E-state index is 0.824. The number of hydrogen-bond donors (Lipinski definition) is 0. The lowest BCUT2D eigenvalue weighted by atomic mass is 9.99. The van der Waals surface area contributed by atoms with Gasteiger partial charge in [-0.1, -0.05) is 194 Å². The summed E-state index contributed by atoms with van der Waals surface area (Å²) in [5.41, 5.74) is 17.3. The van der Waals surface area contributed by atoms with Crippen molar-refractivity contribution >= 4 is 66.8 Å². The zero-order valence-electron chi connectivity index (χ0n) is 36.7. The molecule has 0 fully saturated rings. The summed E-state index contributed by atoms with van der Waals surface area (Å²) in [5.74, 6) is 0. The fourth-order valence-electron chi connectivity index (χ4n) is 9.59. The molecule has 0 saturated carbocycles. The van der Waals surface area contributed by atoms with Crippen LogP contribution in [0.2, 0.25) is 0 Å². The fourth-order valence-corrected chi connectivity index (χ4v) is 9.59. The van der Waals surface area contributed by atoms with Crippen LogP contribution in [0.1, 0.15) is 0 Å². The second-order valence-corrected chi connectivity index (χ2v) is 16.9. The highest BCUT2D eigenvalue weighted by Gasteiger charge is 2.22. The van der Waals surface area contributed by atoms with E-state index in [0.717, 1.165) is 78.0 Å². The lowest BCUT2D eigenvalue weighted by molar-refractivity contribution is 0.669. The number of nitrogens with zero attached hydrogens (tertiary/aromatic N) is 2. The van der Waals surface area contributed by atoms with Crippen molar-refractivity contribution in [3.63, 3.8) is 0 Å². The van der Waals surface area contributed by atoms with Crippen molar-refractivity contribution in [2.75, 3.05) is 9.80 Å². The molecule has 3 heteroatoms. The number of fused-ring (bicyclic) bond motifs is 5. The first kappa shape index (κ1) is 39.7. The van der Waals surface area contributed by atoms with Crippen molar-refractivity contribution in [2.24, 2.45) is 0 Å². The van der Waals surface area contributed by atoms with Crippen molar-refractivity contribution in [3.05, 3.63) is 267 Å². The van der Waals surface area contributed by atoms with Crippen molar-refractivity contribution in [3.8, 4) is 44.5 Å². The van der Waals surface area contributed by atoms with E-state index in [9.17, 15) is 0 Å². The van der Waals surface area contributed by atoms with E-state index in [1.54, 1.807) is 0 Å². The molecule has 0 amide bonds. The van der Waals surface area contributed by atoms with Crippen LogP contribution >= 0.6 is 0 Å². The molecule has 1 heterocycles. The molecule has 0 N–H and O–H groups in total. The molecule has 0 aliphatic carbocycles. The fraction of sp³-hybridized carbons (Fsp3) is 0. The van der Waals surface area contributed by atoms with Gasteiger partial charge in [0.2, 0.25) is 0 Å². The van der Waals surface area contributed by atoms with Gasteiger partial charge in [0.1, 0.15) is 11.2 Å². The third kappa shape index (κ3) is 7.59. The molecular formula is C64H44N2O. The average Bonchev–Trinajstić information content (AvgIpc) is 3.78. The van der Waals surface area contributed by atoms with E-state index in [-0.39, 0.29) is 0 Å². The number of hydrogen-bond acceptors (Lipinski definition) is 3. The van der Waals surface area contributed by atoms with Gasteiger partial charge in [-0.25, -0.2) is 0 Å². The minimum Gasteiger partial charge on any atom is -0.456 e. The van der Waals surface area contributed by atoms with Gasteiger partial charge >= 0.3 is 0 Å². The molecule has 0 aliphatic heterocycles. The lowest BCUT2D eigenvalue weighted by Gasteiger charge is -2.27. The number of rotatable bonds is 10. The predicted molar refractivity (Wildman–Crippen MR) is 282 cm³/mol. The van der Waals surface area contributed by atoms with E-state index in [1.807, 2.05) is 0 Å². The highest BCUT2D eigenvalue weighted by molar-refractivity contribution is 6.23. The summed E-state index contributed by atoms with van der Waals surface area (Å²) < 4.78 is 7.07. The third-order valence-corrected chi connectivity index (χ3v) is 12.8. The topological polar surface area (TPSA) is 19.6 Å². The first-order chi connectivity index (χ1) is 33.2. The maximum atomic E-state index is 7.07. The van der Waals surface area contributed by atoms with Crippen LogP contribution in [0.4, 0.5) is 34.1 Å². The zero-order valence-corrected chi connectivity index (χ0v) is 36.7. The van der Waals surface area contributed by atoms with Crippen LogP contribution in [-0.4, -0.2) is 0 Å². The monoisotopic (exact) mass is 856 g/mol. The SMILES string of the molecule is c1ccc(-c2ccc(N(c3cccc(-c4ccccc4)c3)c3ccc4c(c3)oc3cc(N(c5ccc(-c6ccccc6)cc5)c5cccc(-c6ccccc6)c5)c5ccccc5c34)cc2)cc1. The van der Waals surface area contributed by atoms with Crippen LogP contribution in [0.25, 0.3) is 77.2 Å². The molecule has 0 atom stereocenters. The van der Waals surface area contributed by atoms with Crippen LogP contribution in [0.15, 0.2) is 271 Å². The van der Waals surface area contributed by atoms with E-state index in [2.05, 4.69) is 277 Å². The Labute approximate surface area is 390 Å². The normalized spacial score (nSPS) is 11.3. The Morgan fingerprint density at radius 3 is 1.13 bits per heavy atom. The number of furan rings is 1. The summed E-state index contributed by atoms with van der Waals surface area (Å²) in [7, 11) is 0. The summed E-state index contributed by atoms with van der Waals surface area (Å²) in [6, 6.07) is 95.3. The Hall–Kier alpha value is -8.92. The molecule has 11 aromatic carbocycles. The Kier molecular flexibility index (Phi) is 10.2. The van der Waals surface area contributed by atoms with Crippen LogP contribution in [0.3, 0.4) is 0 Å². The maximum Gasteiger partial charge on any atom is 0.138 e. The lowest BCUT2D eigenvalue weighted by Crippen LogP contribution is -2.10. The summed E-state index contributed by atoms with van der Waals surface area (Å²) in [5, 5.41) is 4.44. The van der Waals surface area contributed by atoms with Gasteiger partial charge in [0.25, 0.3) is 0 Å². The molecule has 0 spiro atoms. The molecule has 12 aromatic rings. The molecule has 0 aliphatic rings. The van der Waals surface area contributed by atoms with Crippen molar-refractivity contribution in [1.82, 2.24) is 0 Å². The largest absolute Gasteiger partial charge is 0.456 e. The summed E-state index contributed by atoms with van der Waals surface area (Å²) in [4.78, 5) is 4.71. The standard InChI is InChI=1S/C64H44N2O/c1-5-17-45(18-6-1)49-31-35-53(36-32-49)65(55-27-15-25-51(41-55)47-21-9-3-10-22-47)57-39-40-60-62(43-57)67-63-44-61(58-29-13-14-30-59(58)64(60)63)66(54-37-33-50(34-38-54)46-19-7-2-8-20-46)56-28-16-26-52(42-56)48-23-11-4-12-24-48/h1-44H. The van der Waals surface area contributed by atoms with Crippen LogP contribution in [-0.2, 0) is 0 Å². The van der Waals surface area contributed by atoms with E-state index >= 15 is 0 Å². The Morgan fingerprint density at radius 2 is 0.612 bits per heavy atom. The molecule has 0 unspecified atom stereocenters. The van der Waals surface area contributed by atoms with Gasteiger partial charge in [-0.2, -0.15) is 0 Å². The van der Waals surface area contributed by atoms with E-state index < -0.39 is 0 Å². The minimum atomic E-state index is 0.824. The van der Waals surface area contributed by atoms with Crippen molar-refractivity contribution in [2.45, 2.75) is 0 Å². The molecule has 0 bridgehead atoms. The number of anilines is 6. The van der Waals surface area contributed by atoms with Crippen LogP contribution < -0.4 is 9.80 Å². The van der Waals surface area contributed by atoms with Crippen molar-refractivity contribution < 1.29 is 4.42 Å². The quantitative estimate of drug-likeness (QED) is 0.137. The first-order valence-corrected chi connectivity index (χ1v) is 22.8. The predicted octanol–water partition coefficient (Wildman–Crippen LogP) is 18.3. The van der Waals surface area contributed by atoms with E-state index in [0.29, 0.717) is 0 Å². The van der Waals surface area contributed by atoms with Gasteiger partial charge < -0.3 is 14.2 Å². The average molecular weight is 857 g/mol.